The molecule has 2 N–H and O–H groups in total. The van der Waals surface area contributed by atoms with Gasteiger partial charge in [-0.1, -0.05) is 42.4 Å². The Morgan fingerprint density at radius 2 is 2.09 bits per heavy atom. The van der Waals surface area contributed by atoms with Crippen molar-refractivity contribution < 1.29 is 15.0 Å². The molecule has 0 fully saturated rings. The molecule has 1 aromatic carbocycles. The van der Waals surface area contributed by atoms with E-state index in [-0.39, 0.29) is 6.61 Å². The van der Waals surface area contributed by atoms with Gasteiger partial charge in [0.05, 0.1) is 12.3 Å². The summed E-state index contributed by atoms with van der Waals surface area (Å²) in [6.45, 7) is 2.19. The smallest absolute Gasteiger partial charge is 0.317 e. The molecule has 0 bridgehead atoms. The van der Waals surface area contributed by atoms with Crippen LogP contribution in [0.3, 0.4) is 0 Å². The standard InChI is InChI=1S/C15H17ClN2O3S/c1-2-13(14(20)21)22-15-17-12(9-19)8-18(15)7-10-3-5-11(16)6-4-10/h3-6,8,13,19H,2,7,9H2,1H3,(H,20,21)/t13-/m1/s1. The lowest BCUT2D eigenvalue weighted by molar-refractivity contribution is -0.136. The van der Waals surface area contributed by atoms with Crippen LogP contribution < -0.4 is 0 Å². The van der Waals surface area contributed by atoms with Gasteiger partial charge in [0, 0.05) is 17.8 Å². The maximum atomic E-state index is 11.2. The van der Waals surface area contributed by atoms with E-state index in [1.54, 1.807) is 18.3 Å². The number of rotatable bonds is 7. The number of carbonyl (C=O) groups is 1. The van der Waals surface area contributed by atoms with Crippen molar-refractivity contribution in [2.24, 2.45) is 0 Å². The summed E-state index contributed by atoms with van der Waals surface area (Å²) in [7, 11) is 0. The molecule has 0 saturated heterocycles. The van der Waals surface area contributed by atoms with E-state index >= 15 is 0 Å². The fourth-order valence-electron chi connectivity index (χ4n) is 1.96. The van der Waals surface area contributed by atoms with Gasteiger partial charge in [0.2, 0.25) is 0 Å². The van der Waals surface area contributed by atoms with Crippen molar-refractivity contribution in [2.45, 2.75) is 36.9 Å². The number of imidazole rings is 1. The number of aliphatic hydroxyl groups is 1. The molecule has 0 saturated carbocycles. The first-order valence-electron chi connectivity index (χ1n) is 6.84. The number of carboxylic acid groups (broad SMARTS) is 1. The molecule has 0 radical (unpaired) electrons. The average molecular weight is 341 g/mol. The maximum absolute atomic E-state index is 11.2. The van der Waals surface area contributed by atoms with Crippen LogP contribution in [0.1, 0.15) is 24.6 Å². The monoisotopic (exact) mass is 340 g/mol. The molecule has 0 amide bonds. The highest BCUT2D eigenvalue weighted by atomic mass is 35.5. The van der Waals surface area contributed by atoms with Gasteiger partial charge in [-0.3, -0.25) is 4.79 Å². The number of aromatic nitrogens is 2. The topological polar surface area (TPSA) is 75.4 Å². The van der Waals surface area contributed by atoms with Gasteiger partial charge in [-0.15, -0.1) is 0 Å². The number of benzene rings is 1. The summed E-state index contributed by atoms with van der Waals surface area (Å²) in [5, 5.41) is 19.1. The largest absolute Gasteiger partial charge is 0.480 e. The molecule has 2 aromatic rings. The lowest BCUT2D eigenvalue weighted by Gasteiger charge is -2.11. The Labute approximate surface area is 137 Å². The van der Waals surface area contributed by atoms with E-state index in [0.717, 1.165) is 5.56 Å². The van der Waals surface area contributed by atoms with Crippen LogP contribution in [0.15, 0.2) is 35.6 Å². The highest BCUT2D eigenvalue weighted by Crippen LogP contribution is 2.26. The second kappa shape index (κ2) is 7.67. The predicted octanol–water partition coefficient (Wildman–Crippen LogP) is 3.03. The van der Waals surface area contributed by atoms with Crippen LogP contribution in [0.25, 0.3) is 0 Å². The van der Waals surface area contributed by atoms with Crippen LogP contribution >= 0.6 is 23.4 Å². The molecular weight excluding hydrogens is 324 g/mol. The molecule has 118 valence electrons. The zero-order chi connectivity index (χ0) is 16.1. The van der Waals surface area contributed by atoms with E-state index in [4.69, 9.17) is 11.6 Å². The van der Waals surface area contributed by atoms with Crippen molar-refractivity contribution in [3.8, 4) is 0 Å². The Kier molecular flexibility index (Phi) is 5.88. The summed E-state index contributed by atoms with van der Waals surface area (Å²) in [6.07, 6.45) is 2.24. The summed E-state index contributed by atoms with van der Waals surface area (Å²) in [6, 6.07) is 7.42. The SMILES string of the molecule is CC[C@@H](Sc1nc(CO)cn1Cc1ccc(Cl)cc1)C(=O)O. The summed E-state index contributed by atoms with van der Waals surface area (Å²) in [5.74, 6) is -0.862. The minimum atomic E-state index is -0.862. The number of hydrogen-bond acceptors (Lipinski definition) is 4. The number of thioether (sulfide) groups is 1. The Hall–Kier alpha value is -1.50. The first-order valence-corrected chi connectivity index (χ1v) is 8.10. The van der Waals surface area contributed by atoms with Gasteiger partial charge >= 0.3 is 5.97 Å². The Morgan fingerprint density at radius 3 is 2.64 bits per heavy atom. The molecule has 2 rings (SSSR count). The van der Waals surface area contributed by atoms with Crippen molar-refractivity contribution in [3.05, 3.63) is 46.7 Å². The molecule has 1 heterocycles. The van der Waals surface area contributed by atoms with Gasteiger partial charge in [0.1, 0.15) is 5.25 Å². The number of aliphatic carboxylic acids is 1. The number of aliphatic hydroxyl groups excluding tert-OH is 1. The number of halogens is 1. The Bertz CT molecular complexity index is 643. The van der Waals surface area contributed by atoms with E-state index in [1.807, 2.05) is 23.6 Å². The number of hydrogen-bond donors (Lipinski definition) is 2. The van der Waals surface area contributed by atoms with Crippen LogP contribution in [-0.4, -0.2) is 31.0 Å². The average Bonchev–Trinajstić information content (AvgIpc) is 2.88. The van der Waals surface area contributed by atoms with E-state index in [2.05, 4.69) is 4.98 Å². The van der Waals surface area contributed by atoms with Crippen molar-refractivity contribution in [2.75, 3.05) is 0 Å². The second-order valence-electron chi connectivity index (χ2n) is 4.78. The molecule has 7 heteroatoms. The van der Waals surface area contributed by atoms with Gasteiger partial charge in [-0.2, -0.15) is 0 Å². The van der Waals surface area contributed by atoms with Gasteiger partial charge in [-0.05, 0) is 24.1 Å². The first kappa shape index (κ1) is 16.9. The van der Waals surface area contributed by atoms with Crippen LogP contribution in [0.4, 0.5) is 0 Å². The highest BCUT2D eigenvalue weighted by molar-refractivity contribution is 8.00. The molecule has 0 aliphatic carbocycles. The minimum absolute atomic E-state index is 0.176. The van der Waals surface area contributed by atoms with E-state index < -0.39 is 11.2 Å². The molecule has 0 aliphatic rings. The third kappa shape index (κ3) is 4.25. The van der Waals surface area contributed by atoms with Gasteiger partial charge in [0.15, 0.2) is 5.16 Å². The summed E-state index contributed by atoms with van der Waals surface area (Å²) >= 11 is 7.07. The van der Waals surface area contributed by atoms with Crippen molar-refractivity contribution >= 4 is 29.3 Å². The van der Waals surface area contributed by atoms with Gasteiger partial charge < -0.3 is 14.8 Å². The molecule has 22 heavy (non-hydrogen) atoms. The molecule has 0 unspecified atom stereocenters. The quantitative estimate of drug-likeness (QED) is 0.758. The fourth-order valence-corrected chi connectivity index (χ4v) is 3.03. The van der Waals surface area contributed by atoms with Crippen molar-refractivity contribution in [1.29, 1.82) is 0 Å². The van der Waals surface area contributed by atoms with E-state index in [0.29, 0.717) is 28.8 Å². The zero-order valence-corrected chi connectivity index (χ0v) is 13.6. The molecule has 0 spiro atoms. The van der Waals surface area contributed by atoms with E-state index in [9.17, 15) is 15.0 Å². The number of nitrogens with zero attached hydrogens (tertiary/aromatic N) is 2. The fraction of sp³-hybridized carbons (Fsp3) is 0.333. The third-order valence-electron chi connectivity index (χ3n) is 3.11. The van der Waals surface area contributed by atoms with Crippen LogP contribution in [0.2, 0.25) is 5.02 Å². The lowest BCUT2D eigenvalue weighted by atomic mass is 10.2. The zero-order valence-electron chi connectivity index (χ0n) is 12.1. The Balaban J connectivity index is 2.24. The van der Waals surface area contributed by atoms with Crippen molar-refractivity contribution in [1.82, 2.24) is 9.55 Å². The first-order chi connectivity index (χ1) is 10.5. The maximum Gasteiger partial charge on any atom is 0.317 e. The summed E-state index contributed by atoms with van der Waals surface area (Å²) in [5.41, 5.74) is 1.55. The third-order valence-corrected chi connectivity index (χ3v) is 4.72. The molecule has 1 aromatic heterocycles. The predicted molar refractivity (Wildman–Crippen MR) is 86.3 cm³/mol. The van der Waals surface area contributed by atoms with Gasteiger partial charge in [0.25, 0.3) is 0 Å². The normalized spacial score (nSPS) is 12.3. The van der Waals surface area contributed by atoms with Crippen LogP contribution in [0.5, 0.6) is 0 Å². The summed E-state index contributed by atoms with van der Waals surface area (Å²) < 4.78 is 1.85. The molecule has 0 aliphatic heterocycles. The van der Waals surface area contributed by atoms with Crippen LogP contribution in [0, 0.1) is 0 Å². The molecular formula is C15H17ClN2O3S. The lowest BCUT2D eigenvalue weighted by Crippen LogP contribution is -2.16. The summed E-state index contributed by atoms with van der Waals surface area (Å²) in [4.78, 5) is 15.5. The van der Waals surface area contributed by atoms with Gasteiger partial charge in [-0.25, -0.2) is 4.98 Å². The number of carboxylic acids is 1. The molecule has 1 atom stereocenters. The van der Waals surface area contributed by atoms with E-state index in [1.165, 1.54) is 11.8 Å². The highest BCUT2D eigenvalue weighted by Gasteiger charge is 2.20. The van der Waals surface area contributed by atoms with Crippen molar-refractivity contribution in [3.63, 3.8) is 0 Å². The Morgan fingerprint density at radius 1 is 1.41 bits per heavy atom. The minimum Gasteiger partial charge on any atom is -0.480 e. The van der Waals surface area contributed by atoms with Crippen LogP contribution in [-0.2, 0) is 17.9 Å². The molecule has 5 nitrogen and oxygen atoms in total. The second-order valence-corrected chi connectivity index (χ2v) is 6.39.